The predicted octanol–water partition coefficient (Wildman–Crippen LogP) is 0.126. The molecule has 2 aliphatic heterocycles. The van der Waals surface area contributed by atoms with Gasteiger partial charge in [0.2, 0.25) is 0 Å². The summed E-state index contributed by atoms with van der Waals surface area (Å²) in [5.41, 5.74) is 0. The number of esters is 1. The molecule has 3 unspecified atom stereocenters. The molecule has 0 aromatic rings. The molecule has 4 radical (unpaired) electrons. The van der Waals surface area contributed by atoms with Crippen LogP contribution in [-0.2, 0) is 37.1 Å². The van der Waals surface area contributed by atoms with Gasteiger partial charge < -0.3 is 19.3 Å². The number of hydrogen-bond donors (Lipinski definition) is 1. The average molecular weight is 402 g/mol. The van der Waals surface area contributed by atoms with Crippen LogP contribution in [0.2, 0.25) is 0 Å². The van der Waals surface area contributed by atoms with E-state index in [1.807, 2.05) is 0 Å². The molecule has 2 aliphatic rings. The molecular formula is C15H25B2O9P. The summed E-state index contributed by atoms with van der Waals surface area (Å²) in [6.45, 7) is 4.19. The summed E-state index contributed by atoms with van der Waals surface area (Å²) in [6, 6.07) is -1.34. The Bertz CT molecular complexity index is 565. The Kier molecular flexibility index (Phi) is 7.96. The fraction of sp³-hybridized carbons (Fsp3) is 0.933. The third-order valence-electron chi connectivity index (χ3n) is 4.82. The van der Waals surface area contributed by atoms with Gasteiger partial charge in [0.05, 0.1) is 13.2 Å². The first-order valence-corrected chi connectivity index (χ1v) is 10.2. The van der Waals surface area contributed by atoms with E-state index in [9.17, 15) is 14.5 Å². The van der Waals surface area contributed by atoms with Gasteiger partial charge in [-0.05, 0) is 0 Å². The maximum Gasteiger partial charge on any atom is 0.474 e. The fourth-order valence-electron chi connectivity index (χ4n) is 3.12. The molecule has 0 amide bonds. The van der Waals surface area contributed by atoms with Crippen LogP contribution in [0.25, 0.3) is 0 Å². The number of aliphatic hydroxyl groups excluding tert-OH is 1. The van der Waals surface area contributed by atoms with Crippen molar-refractivity contribution in [1.82, 2.24) is 0 Å². The quantitative estimate of drug-likeness (QED) is 0.344. The maximum atomic E-state index is 12.9. The second kappa shape index (κ2) is 9.39. The molecule has 0 bridgehead atoms. The van der Waals surface area contributed by atoms with Gasteiger partial charge in [0.25, 0.3) is 0 Å². The van der Waals surface area contributed by atoms with Crippen LogP contribution in [0.4, 0.5) is 0 Å². The number of rotatable bonds is 8. The molecule has 12 heteroatoms. The molecule has 2 fully saturated rings. The zero-order valence-corrected chi connectivity index (χ0v) is 16.7. The van der Waals surface area contributed by atoms with Gasteiger partial charge in [-0.25, -0.2) is 4.57 Å². The molecule has 1 N–H and O–H groups in total. The standard InChI is InChI=1S/C15H25B2O9P/c1-7-12(23-9(3)19)11(25-14(7)16)6-22-27(20,21-4)26-13-8(2)15(17)24-10(13)5-18/h7-8,10-15,18H,5-6H2,1-4H3/t7?,8?,10-,11-,12+,13+,14-,15-,27?/m1/s1. The Morgan fingerprint density at radius 3 is 2.19 bits per heavy atom. The van der Waals surface area contributed by atoms with E-state index >= 15 is 0 Å². The van der Waals surface area contributed by atoms with Crippen LogP contribution in [0.1, 0.15) is 20.8 Å². The van der Waals surface area contributed by atoms with Crippen LogP contribution >= 0.6 is 7.82 Å². The normalized spacial score (nSPS) is 41.4. The molecular weight excluding hydrogens is 377 g/mol. The highest BCUT2D eigenvalue weighted by atomic mass is 31.2. The van der Waals surface area contributed by atoms with Gasteiger partial charge in [0.1, 0.15) is 40.1 Å². The summed E-state index contributed by atoms with van der Waals surface area (Å²) < 4.78 is 44.8. The van der Waals surface area contributed by atoms with Crippen molar-refractivity contribution in [1.29, 1.82) is 0 Å². The summed E-state index contributed by atoms with van der Waals surface area (Å²) in [6.07, 6.45) is -2.94. The molecule has 27 heavy (non-hydrogen) atoms. The van der Waals surface area contributed by atoms with Gasteiger partial charge in [-0.1, -0.05) is 13.8 Å². The fourth-order valence-corrected chi connectivity index (χ4v) is 4.32. The lowest BCUT2D eigenvalue weighted by Crippen LogP contribution is -2.35. The smallest absolute Gasteiger partial charge is 0.459 e. The summed E-state index contributed by atoms with van der Waals surface area (Å²) in [5, 5.41) is 9.41. The molecule has 9 nitrogen and oxygen atoms in total. The Labute approximate surface area is 161 Å². The number of aliphatic hydroxyl groups is 1. The van der Waals surface area contributed by atoms with Gasteiger partial charge in [0, 0.05) is 37.9 Å². The predicted molar refractivity (Wildman–Crippen MR) is 95.2 cm³/mol. The minimum absolute atomic E-state index is 0.237. The number of phosphoric acid groups is 1. The molecule has 0 aliphatic carbocycles. The average Bonchev–Trinajstić information content (AvgIpc) is 3.04. The summed E-state index contributed by atoms with van der Waals surface area (Å²) in [7, 11) is 8.79. The van der Waals surface area contributed by atoms with Gasteiger partial charge in [0.15, 0.2) is 0 Å². The van der Waals surface area contributed by atoms with Gasteiger partial charge >= 0.3 is 13.8 Å². The van der Waals surface area contributed by atoms with Crippen molar-refractivity contribution in [2.24, 2.45) is 11.8 Å². The molecule has 2 rings (SSSR count). The Balaban J connectivity index is 2.02. The summed E-state index contributed by atoms with van der Waals surface area (Å²) >= 11 is 0. The third-order valence-corrected chi connectivity index (χ3v) is 6.24. The summed E-state index contributed by atoms with van der Waals surface area (Å²) in [5.74, 6) is -1.11. The molecule has 2 saturated heterocycles. The highest BCUT2D eigenvalue weighted by Gasteiger charge is 2.46. The van der Waals surface area contributed by atoms with Crippen LogP contribution in [0.3, 0.4) is 0 Å². The molecule has 2 heterocycles. The first-order valence-electron chi connectivity index (χ1n) is 8.70. The largest absolute Gasteiger partial charge is 0.474 e. The van der Waals surface area contributed by atoms with E-state index in [0.29, 0.717) is 0 Å². The van der Waals surface area contributed by atoms with Gasteiger partial charge in [-0.15, -0.1) is 0 Å². The van der Waals surface area contributed by atoms with Crippen LogP contribution < -0.4 is 0 Å². The number of carbonyl (C=O) groups excluding carboxylic acids is 1. The van der Waals surface area contributed by atoms with Crippen LogP contribution in [0, 0.1) is 11.8 Å². The molecule has 150 valence electrons. The van der Waals surface area contributed by atoms with Gasteiger partial charge in [-0.2, -0.15) is 0 Å². The van der Waals surface area contributed by atoms with Crippen LogP contribution in [-0.4, -0.2) is 83.5 Å². The Morgan fingerprint density at radius 1 is 1.11 bits per heavy atom. The first kappa shape index (κ1) is 22.9. The highest BCUT2D eigenvalue weighted by molar-refractivity contribution is 7.48. The van der Waals surface area contributed by atoms with Crippen molar-refractivity contribution in [3.05, 3.63) is 0 Å². The van der Waals surface area contributed by atoms with E-state index in [4.69, 9.17) is 43.5 Å². The maximum absolute atomic E-state index is 12.9. The summed E-state index contributed by atoms with van der Waals surface area (Å²) in [4.78, 5) is 11.3. The van der Waals surface area contributed by atoms with E-state index in [1.165, 1.54) is 14.0 Å². The first-order chi connectivity index (χ1) is 12.6. The monoisotopic (exact) mass is 402 g/mol. The molecule has 0 aromatic heterocycles. The van der Waals surface area contributed by atoms with Crippen molar-refractivity contribution >= 4 is 29.5 Å². The highest BCUT2D eigenvalue weighted by Crippen LogP contribution is 2.53. The zero-order chi connectivity index (χ0) is 20.4. The number of ether oxygens (including phenoxy) is 3. The second-order valence-corrected chi connectivity index (χ2v) is 8.48. The van der Waals surface area contributed by atoms with E-state index in [0.717, 1.165) is 0 Å². The van der Waals surface area contributed by atoms with E-state index in [-0.39, 0.29) is 25.0 Å². The molecule has 0 spiro atoms. The van der Waals surface area contributed by atoms with Gasteiger partial charge in [-0.3, -0.25) is 18.4 Å². The minimum Gasteiger partial charge on any atom is -0.459 e. The number of carbonyl (C=O) groups is 1. The lowest BCUT2D eigenvalue weighted by Gasteiger charge is -2.26. The second-order valence-electron chi connectivity index (χ2n) is 6.75. The van der Waals surface area contributed by atoms with Crippen LogP contribution in [0.5, 0.6) is 0 Å². The molecule has 9 atom stereocenters. The lowest BCUT2D eigenvalue weighted by atomic mass is 9.86. The third kappa shape index (κ3) is 5.35. The zero-order valence-electron chi connectivity index (χ0n) is 15.8. The SMILES string of the molecule is [B][C@@H]1O[C@H](COP(=O)(OC)O[C@H]2C(C)[C@H]([B])O[C@@H]2CO)[C@@H](OC(C)=O)C1C. The van der Waals surface area contributed by atoms with Crippen LogP contribution in [0.15, 0.2) is 0 Å². The number of hydrogen-bond acceptors (Lipinski definition) is 9. The van der Waals surface area contributed by atoms with Crippen molar-refractivity contribution in [3.8, 4) is 0 Å². The Morgan fingerprint density at radius 2 is 1.67 bits per heavy atom. The molecule has 0 aromatic carbocycles. The van der Waals surface area contributed by atoms with Crippen molar-refractivity contribution in [2.45, 2.75) is 57.2 Å². The lowest BCUT2D eigenvalue weighted by molar-refractivity contribution is -0.151. The van der Waals surface area contributed by atoms with Crippen molar-refractivity contribution < 1.29 is 42.2 Å². The Hall–Kier alpha value is -0.410. The molecule has 0 saturated carbocycles. The topological polar surface area (TPSA) is 110 Å². The van der Waals surface area contributed by atoms with E-state index in [1.54, 1.807) is 13.8 Å². The van der Waals surface area contributed by atoms with E-state index < -0.39 is 50.2 Å². The number of phosphoric ester groups is 1. The van der Waals surface area contributed by atoms with Crippen molar-refractivity contribution in [3.63, 3.8) is 0 Å². The van der Waals surface area contributed by atoms with E-state index in [2.05, 4.69) is 0 Å². The van der Waals surface area contributed by atoms with Crippen molar-refractivity contribution in [2.75, 3.05) is 20.3 Å². The minimum atomic E-state index is -4.02.